The molecule has 0 amide bonds. The monoisotopic (exact) mass is 208 g/mol. The Labute approximate surface area is 92.3 Å². The van der Waals surface area contributed by atoms with Gasteiger partial charge in [-0.25, -0.2) is 0 Å². The highest BCUT2D eigenvalue weighted by Gasteiger charge is 2.43. The van der Waals surface area contributed by atoms with Crippen molar-refractivity contribution in [3.05, 3.63) is 0 Å². The Morgan fingerprint density at radius 1 is 1.33 bits per heavy atom. The molecule has 0 N–H and O–H groups in total. The van der Waals surface area contributed by atoms with Gasteiger partial charge in [0, 0.05) is 25.7 Å². The molecule has 0 aliphatic carbocycles. The highest BCUT2D eigenvalue weighted by molar-refractivity contribution is 5.01. The molecule has 0 aromatic carbocycles. The van der Waals surface area contributed by atoms with Crippen molar-refractivity contribution in [3.8, 4) is 11.8 Å². The fraction of sp³-hybridized carbons (Fsp3) is 0.846. The molecule has 2 rings (SSSR count). The lowest BCUT2D eigenvalue weighted by Gasteiger charge is -2.22. The molecular weight excluding hydrogens is 188 g/mol. The number of ether oxygens (including phenoxy) is 2. The van der Waals surface area contributed by atoms with E-state index >= 15 is 0 Å². The zero-order chi connectivity index (χ0) is 10.6. The van der Waals surface area contributed by atoms with Crippen LogP contribution in [0, 0.1) is 11.8 Å². The lowest BCUT2D eigenvalue weighted by atomic mass is 10.1. The van der Waals surface area contributed by atoms with Crippen molar-refractivity contribution in [2.45, 2.75) is 63.8 Å². The molecule has 1 spiro atoms. The minimum atomic E-state index is -0.211. The first kappa shape index (κ1) is 11.0. The van der Waals surface area contributed by atoms with Gasteiger partial charge in [0.25, 0.3) is 0 Å². The molecule has 15 heavy (non-hydrogen) atoms. The molecule has 0 bridgehead atoms. The van der Waals surface area contributed by atoms with Crippen LogP contribution in [0.15, 0.2) is 0 Å². The summed E-state index contributed by atoms with van der Waals surface area (Å²) in [6.45, 7) is 3.02. The van der Waals surface area contributed by atoms with Crippen molar-refractivity contribution in [2.24, 2.45) is 0 Å². The van der Waals surface area contributed by atoms with Crippen LogP contribution in [0.5, 0.6) is 0 Å². The number of rotatable bonds is 2. The lowest BCUT2D eigenvalue weighted by molar-refractivity contribution is -0.197. The first-order valence-corrected chi connectivity index (χ1v) is 6.12. The van der Waals surface area contributed by atoms with Gasteiger partial charge >= 0.3 is 0 Å². The van der Waals surface area contributed by atoms with Gasteiger partial charge in [-0.05, 0) is 19.3 Å². The quantitative estimate of drug-likeness (QED) is 0.650. The summed E-state index contributed by atoms with van der Waals surface area (Å²) >= 11 is 0. The maximum atomic E-state index is 5.97. The molecule has 2 unspecified atom stereocenters. The molecule has 2 nitrogen and oxygen atoms in total. The summed E-state index contributed by atoms with van der Waals surface area (Å²) in [6, 6.07) is 0. The normalized spacial score (nSPS) is 34.3. The van der Waals surface area contributed by atoms with Gasteiger partial charge < -0.3 is 9.47 Å². The van der Waals surface area contributed by atoms with Crippen LogP contribution in [-0.4, -0.2) is 18.5 Å². The summed E-state index contributed by atoms with van der Waals surface area (Å²) in [5.41, 5.74) is 0. The number of hydrogen-bond donors (Lipinski definition) is 0. The van der Waals surface area contributed by atoms with E-state index in [2.05, 4.69) is 18.8 Å². The van der Waals surface area contributed by atoms with Crippen LogP contribution in [0.1, 0.15) is 51.9 Å². The molecule has 2 aliphatic heterocycles. The third kappa shape index (κ3) is 2.74. The molecule has 0 saturated carbocycles. The fourth-order valence-electron chi connectivity index (χ4n) is 2.31. The van der Waals surface area contributed by atoms with Gasteiger partial charge in [-0.3, -0.25) is 0 Å². The van der Waals surface area contributed by atoms with Gasteiger partial charge in [0.15, 0.2) is 5.79 Å². The van der Waals surface area contributed by atoms with Gasteiger partial charge in [0.1, 0.15) is 0 Å². The molecule has 2 fully saturated rings. The van der Waals surface area contributed by atoms with E-state index in [1.165, 1.54) is 0 Å². The number of unbranched alkanes of at least 4 members (excludes halogenated alkanes) is 1. The molecule has 84 valence electrons. The van der Waals surface area contributed by atoms with Crippen molar-refractivity contribution < 1.29 is 9.47 Å². The predicted octanol–water partition coefficient (Wildman–Crippen LogP) is 2.87. The second-order valence-electron chi connectivity index (χ2n) is 4.45. The van der Waals surface area contributed by atoms with Gasteiger partial charge in [-0.1, -0.05) is 6.92 Å². The van der Waals surface area contributed by atoms with Gasteiger partial charge in [-0.2, -0.15) is 0 Å². The fourth-order valence-corrected chi connectivity index (χ4v) is 2.31. The maximum Gasteiger partial charge on any atom is 0.168 e. The van der Waals surface area contributed by atoms with Crippen LogP contribution in [0.4, 0.5) is 0 Å². The van der Waals surface area contributed by atoms with E-state index in [1.54, 1.807) is 0 Å². The van der Waals surface area contributed by atoms with Crippen LogP contribution < -0.4 is 0 Å². The van der Waals surface area contributed by atoms with E-state index < -0.39 is 0 Å². The summed E-state index contributed by atoms with van der Waals surface area (Å²) in [7, 11) is 0. The van der Waals surface area contributed by atoms with Gasteiger partial charge in [0.2, 0.25) is 0 Å². The zero-order valence-corrected chi connectivity index (χ0v) is 9.55. The first-order chi connectivity index (χ1) is 7.35. The van der Waals surface area contributed by atoms with Gasteiger partial charge in [-0.15, -0.1) is 11.8 Å². The van der Waals surface area contributed by atoms with Crippen LogP contribution in [-0.2, 0) is 9.47 Å². The Balaban J connectivity index is 1.76. The summed E-state index contributed by atoms with van der Waals surface area (Å²) in [5.74, 6) is 6.16. The highest BCUT2D eigenvalue weighted by atomic mass is 16.7. The van der Waals surface area contributed by atoms with Crippen LogP contribution in [0.2, 0.25) is 0 Å². The molecule has 2 heteroatoms. The number of hydrogen-bond acceptors (Lipinski definition) is 2. The Morgan fingerprint density at radius 3 is 3.00 bits per heavy atom. The summed E-state index contributed by atoms with van der Waals surface area (Å²) < 4.78 is 11.7. The highest BCUT2D eigenvalue weighted by Crippen LogP contribution is 2.39. The minimum Gasteiger partial charge on any atom is -0.350 e. The minimum absolute atomic E-state index is 0.211. The van der Waals surface area contributed by atoms with Crippen LogP contribution in [0.25, 0.3) is 0 Å². The van der Waals surface area contributed by atoms with E-state index in [9.17, 15) is 0 Å². The first-order valence-electron chi connectivity index (χ1n) is 6.12. The molecule has 2 atom stereocenters. The van der Waals surface area contributed by atoms with Crippen molar-refractivity contribution in [1.29, 1.82) is 0 Å². The van der Waals surface area contributed by atoms with Crippen molar-refractivity contribution >= 4 is 0 Å². The van der Waals surface area contributed by atoms with Crippen LogP contribution in [0.3, 0.4) is 0 Å². The van der Waals surface area contributed by atoms with Crippen molar-refractivity contribution in [3.63, 3.8) is 0 Å². The molecule has 0 aromatic rings. The van der Waals surface area contributed by atoms with E-state index in [0.29, 0.717) is 6.10 Å². The molecule has 2 saturated heterocycles. The topological polar surface area (TPSA) is 18.5 Å². The van der Waals surface area contributed by atoms with E-state index in [1.807, 2.05) is 0 Å². The van der Waals surface area contributed by atoms with E-state index in [-0.39, 0.29) is 5.79 Å². The maximum absolute atomic E-state index is 5.97. The summed E-state index contributed by atoms with van der Waals surface area (Å²) in [4.78, 5) is 0. The van der Waals surface area contributed by atoms with Crippen molar-refractivity contribution in [1.82, 2.24) is 0 Å². The summed E-state index contributed by atoms with van der Waals surface area (Å²) in [5, 5.41) is 0. The Bertz CT molecular complexity index is 255. The largest absolute Gasteiger partial charge is 0.350 e. The second kappa shape index (κ2) is 5.01. The molecular formula is C13H20O2. The lowest BCUT2D eigenvalue weighted by Crippen LogP contribution is -2.27. The SMILES string of the molecule is CCCC#CCC1CCC2(CCCO2)O1. The molecule has 0 aromatic heterocycles. The summed E-state index contributed by atoms with van der Waals surface area (Å²) in [6.07, 6.45) is 7.74. The van der Waals surface area contributed by atoms with Crippen molar-refractivity contribution in [2.75, 3.05) is 6.61 Å². The van der Waals surface area contributed by atoms with Crippen LogP contribution >= 0.6 is 0 Å². The van der Waals surface area contributed by atoms with Gasteiger partial charge in [0.05, 0.1) is 12.7 Å². The Morgan fingerprint density at radius 2 is 2.27 bits per heavy atom. The molecule has 0 radical (unpaired) electrons. The average Bonchev–Trinajstić information content (AvgIpc) is 2.85. The van der Waals surface area contributed by atoms with E-state index in [4.69, 9.17) is 9.47 Å². The molecule has 2 aliphatic rings. The Hall–Kier alpha value is -0.520. The average molecular weight is 208 g/mol. The standard InChI is InChI=1S/C13H20O2/c1-2-3-4-5-7-12-8-10-13(15-12)9-6-11-14-13/h12H,2-3,6-11H2,1H3. The molecule has 2 heterocycles. The van der Waals surface area contributed by atoms with E-state index in [0.717, 1.165) is 51.6 Å². The third-order valence-corrected chi connectivity index (χ3v) is 3.13. The predicted molar refractivity (Wildman–Crippen MR) is 59.3 cm³/mol. The smallest absolute Gasteiger partial charge is 0.168 e. The Kier molecular flexibility index (Phi) is 3.66. The second-order valence-corrected chi connectivity index (χ2v) is 4.45. The zero-order valence-electron chi connectivity index (χ0n) is 9.55. The third-order valence-electron chi connectivity index (χ3n) is 3.13.